The van der Waals surface area contributed by atoms with Gasteiger partial charge in [-0.1, -0.05) is 37.9 Å². The highest BCUT2D eigenvalue weighted by Gasteiger charge is 2.51. The highest BCUT2D eigenvalue weighted by molar-refractivity contribution is 6.76. The molecule has 0 radical (unpaired) electrons. The SMILES string of the molecule is C[Si](C)(C)CCOCN1C(=O)C2(CC=CC2)c2cccnc21. The molecule has 0 N–H and O–H groups in total. The number of ether oxygens (including phenoxy) is 1. The van der Waals surface area contributed by atoms with E-state index in [9.17, 15) is 4.79 Å². The van der Waals surface area contributed by atoms with Gasteiger partial charge in [-0.25, -0.2) is 4.98 Å². The number of hydrogen-bond donors (Lipinski definition) is 0. The zero-order chi connectivity index (χ0) is 15.8. The third-order valence-electron chi connectivity index (χ3n) is 4.53. The number of carbonyl (C=O) groups is 1. The largest absolute Gasteiger partial charge is 0.361 e. The summed E-state index contributed by atoms with van der Waals surface area (Å²) in [6.45, 7) is 8.01. The van der Waals surface area contributed by atoms with Crippen LogP contribution in [0.5, 0.6) is 0 Å². The predicted octanol–water partition coefficient (Wildman–Crippen LogP) is 3.33. The van der Waals surface area contributed by atoms with Gasteiger partial charge in [-0.3, -0.25) is 9.69 Å². The summed E-state index contributed by atoms with van der Waals surface area (Å²) in [6, 6.07) is 5.06. The first-order valence-corrected chi connectivity index (χ1v) is 11.6. The molecule has 1 spiro atoms. The molecule has 2 heterocycles. The Morgan fingerprint density at radius 3 is 2.73 bits per heavy atom. The number of aromatic nitrogens is 1. The lowest BCUT2D eigenvalue weighted by atomic mass is 9.80. The third kappa shape index (κ3) is 2.63. The number of pyridine rings is 1. The molecule has 0 saturated heterocycles. The first kappa shape index (κ1) is 15.4. The van der Waals surface area contributed by atoms with Crippen molar-refractivity contribution in [2.45, 2.75) is 43.9 Å². The minimum absolute atomic E-state index is 0.138. The number of anilines is 1. The summed E-state index contributed by atoms with van der Waals surface area (Å²) in [5.74, 6) is 0.920. The normalized spacial score (nSPS) is 19.2. The summed E-state index contributed by atoms with van der Waals surface area (Å²) in [5, 5.41) is 0. The van der Waals surface area contributed by atoms with Crippen LogP contribution in [0.25, 0.3) is 0 Å². The molecule has 0 aromatic carbocycles. The maximum atomic E-state index is 13.0. The minimum atomic E-state index is -1.11. The molecule has 1 amide bonds. The number of hydrogen-bond acceptors (Lipinski definition) is 3. The summed E-state index contributed by atoms with van der Waals surface area (Å²) in [7, 11) is -1.11. The van der Waals surface area contributed by atoms with Gasteiger partial charge in [0.15, 0.2) is 0 Å². The Morgan fingerprint density at radius 1 is 1.32 bits per heavy atom. The highest BCUT2D eigenvalue weighted by Crippen LogP contribution is 2.47. The van der Waals surface area contributed by atoms with Crippen LogP contribution in [0, 0.1) is 0 Å². The van der Waals surface area contributed by atoms with Crippen LogP contribution in [-0.2, 0) is 14.9 Å². The van der Waals surface area contributed by atoms with Crippen LogP contribution in [0.15, 0.2) is 30.5 Å². The van der Waals surface area contributed by atoms with Gasteiger partial charge in [-0.05, 0) is 25.0 Å². The molecule has 2 aliphatic rings. The first-order valence-electron chi connectivity index (χ1n) is 7.94. The van der Waals surface area contributed by atoms with Crippen LogP contribution in [0.2, 0.25) is 25.7 Å². The van der Waals surface area contributed by atoms with E-state index in [4.69, 9.17) is 4.74 Å². The number of rotatable bonds is 5. The van der Waals surface area contributed by atoms with E-state index >= 15 is 0 Å². The van der Waals surface area contributed by atoms with Gasteiger partial charge in [0.25, 0.3) is 0 Å². The van der Waals surface area contributed by atoms with Gasteiger partial charge >= 0.3 is 0 Å². The van der Waals surface area contributed by atoms with Gasteiger partial charge < -0.3 is 4.74 Å². The van der Waals surface area contributed by atoms with E-state index in [-0.39, 0.29) is 5.91 Å². The smallest absolute Gasteiger partial charge is 0.241 e. The van der Waals surface area contributed by atoms with E-state index in [1.165, 1.54) is 0 Å². The van der Waals surface area contributed by atoms with E-state index in [2.05, 4.69) is 36.8 Å². The van der Waals surface area contributed by atoms with Crippen molar-refractivity contribution in [3.63, 3.8) is 0 Å². The maximum absolute atomic E-state index is 13.0. The van der Waals surface area contributed by atoms with Crippen molar-refractivity contribution in [2.24, 2.45) is 0 Å². The minimum Gasteiger partial charge on any atom is -0.361 e. The van der Waals surface area contributed by atoms with Gasteiger partial charge in [-0.15, -0.1) is 0 Å². The monoisotopic (exact) mass is 316 g/mol. The molecule has 1 aliphatic heterocycles. The molecule has 0 bridgehead atoms. The second-order valence-electron chi connectivity index (χ2n) is 7.42. The fourth-order valence-electron chi connectivity index (χ4n) is 3.16. The molecule has 3 rings (SSSR count). The average molecular weight is 316 g/mol. The Bertz CT molecular complexity index is 599. The lowest BCUT2D eigenvalue weighted by molar-refractivity contribution is -0.123. The lowest BCUT2D eigenvalue weighted by Gasteiger charge is -2.23. The van der Waals surface area contributed by atoms with Gasteiger partial charge in [0.1, 0.15) is 12.5 Å². The van der Waals surface area contributed by atoms with Crippen molar-refractivity contribution in [2.75, 3.05) is 18.2 Å². The van der Waals surface area contributed by atoms with Crippen molar-refractivity contribution in [3.05, 3.63) is 36.0 Å². The summed E-state index contributed by atoms with van der Waals surface area (Å²) >= 11 is 0. The molecular formula is C17H24N2O2Si. The van der Waals surface area contributed by atoms with Crippen molar-refractivity contribution in [1.82, 2.24) is 4.98 Å². The van der Waals surface area contributed by atoms with Crippen molar-refractivity contribution >= 4 is 19.8 Å². The van der Waals surface area contributed by atoms with Crippen LogP contribution >= 0.6 is 0 Å². The van der Waals surface area contributed by atoms with Gasteiger partial charge in [0.05, 0.1) is 5.41 Å². The van der Waals surface area contributed by atoms with Crippen LogP contribution in [0.4, 0.5) is 5.82 Å². The molecule has 0 unspecified atom stereocenters. The van der Waals surface area contributed by atoms with Crippen LogP contribution in [0.3, 0.4) is 0 Å². The summed E-state index contributed by atoms with van der Waals surface area (Å²) in [6.07, 6.45) is 7.50. The molecule has 1 aromatic heterocycles. The van der Waals surface area contributed by atoms with Gasteiger partial charge in [-0.2, -0.15) is 0 Å². The fraction of sp³-hybridized carbons (Fsp3) is 0.529. The first-order chi connectivity index (χ1) is 10.4. The number of amides is 1. The van der Waals surface area contributed by atoms with Crippen molar-refractivity contribution in [3.8, 4) is 0 Å². The highest BCUT2D eigenvalue weighted by atomic mass is 28.3. The van der Waals surface area contributed by atoms with Gasteiger partial charge in [0, 0.05) is 26.4 Å². The van der Waals surface area contributed by atoms with Crippen LogP contribution in [-0.4, -0.2) is 32.3 Å². The molecule has 0 atom stereocenters. The second-order valence-corrected chi connectivity index (χ2v) is 13.0. The molecule has 22 heavy (non-hydrogen) atoms. The molecule has 0 fully saturated rings. The zero-order valence-corrected chi connectivity index (χ0v) is 14.6. The molecular weight excluding hydrogens is 292 g/mol. The zero-order valence-electron chi connectivity index (χ0n) is 13.6. The maximum Gasteiger partial charge on any atom is 0.241 e. The molecule has 1 aliphatic carbocycles. The van der Waals surface area contributed by atoms with Gasteiger partial charge in [0.2, 0.25) is 5.91 Å². The Morgan fingerprint density at radius 2 is 2.05 bits per heavy atom. The van der Waals surface area contributed by atoms with E-state index in [1.54, 1.807) is 11.1 Å². The molecule has 4 nitrogen and oxygen atoms in total. The third-order valence-corrected chi connectivity index (χ3v) is 6.23. The second kappa shape index (κ2) is 5.63. The number of fused-ring (bicyclic) bond motifs is 2. The fourth-order valence-corrected chi connectivity index (χ4v) is 3.91. The Balaban J connectivity index is 1.74. The standard InChI is InChI=1S/C17H24N2O2Si/c1-22(2,3)12-11-21-13-19-15-14(7-6-10-18-15)17(16(19)20)8-4-5-9-17/h4-7,10H,8-9,11-13H2,1-3H3. The average Bonchev–Trinajstić information content (AvgIpc) is 3.03. The Labute approximate surface area is 133 Å². The molecule has 118 valence electrons. The number of allylic oxidation sites excluding steroid dienone is 2. The number of carbonyl (C=O) groups excluding carboxylic acids is 1. The Kier molecular flexibility index (Phi) is 3.95. The Hall–Kier alpha value is -1.46. The molecule has 1 aromatic rings. The van der Waals surface area contributed by atoms with E-state index in [0.29, 0.717) is 13.3 Å². The van der Waals surface area contributed by atoms with E-state index < -0.39 is 13.5 Å². The molecule has 5 heteroatoms. The van der Waals surface area contributed by atoms with E-state index in [1.807, 2.05) is 12.1 Å². The predicted molar refractivity (Wildman–Crippen MR) is 90.7 cm³/mol. The number of nitrogens with zero attached hydrogens (tertiary/aromatic N) is 2. The lowest BCUT2D eigenvalue weighted by Crippen LogP contribution is -2.40. The van der Waals surface area contributed by atoms with Crippen molar-refractivity contribution < 1.29 is 9.53 Å². The summed E-state index contributed by atoms with van der Waals surface area (Å²) in [4.78, 5) is 19.1. The summed E-state index contributed by atoms with van der Waals surface area (Å²) < 4.78 is 5.80. The van der Waals surface area contributed by atoms with Crippen LogP contribution < -0.4 is 4.90 Å². The topological polar surface area (TPSA) is 42.4 Å². The molecule has 0 saturated carbocycles. The van der Waals surface area contributed by atoms with Crippen molar-refractivity contribution in [1.29, 1.82) is 0 Å². The van der Waals surface area contributed by atoms with E-state index in [0.717, 1.165) is 30.3 Å². The quantitative estimate of drug-likeness (QED) is 0.475. The van der Waals surface area contributed by atoms with Crippen LogP contribution in [0.1, 0.15) is 18.4 Å². The summed E-state index contributed by atoms with van der Waals surface area (Å²) in [5.41, 5.74) is 0.630.